The van der Waals surface area contributed by atoms with Crippen molar-refractivity contribution in [2.24, 2.45) is 0 Å². The van der Waals surface area contributed by atoms with Crippen LogP contribution in [0.5, 0.6) is 0 Å². The first kappa shape index (κ1) is 18.1. The number of nitrogens with one attached hydrogen (secondary N) is 2. The summed E-state index contributed by atoms with van der Waals surface area (Å²) >= 11 is 0. The molecule has 1 atom stereocenters. The number of ether oxygens (including phenoxy) is 2. The van der Waals surface area contributed by atoms with Crippen LogP contribution in [-0.2, 0) is 19.1 Å². The lowest BCUT2D eigenvalue weighted by molar-refractivity contribution is -0.151. The molecule has 1 aliphatic heterocycles. The maximum atomic E-state index is 11.8. The second-order valence-electron chi connectivity index (χ2n) is 4.82. The second kappa shape index (κ2) is 8.35. The number of hydrogen-bond donors (Lipinski definition) is 2. The van der Waals surface area contributed by atoms with E-state index in [0.717, 1.165) is 6.54 Å². The van der Waals surface area contributed by atoms with Crippen molar-refractivity contribution in [3.05, 3.63) is 0 Å². The summed E-state index contributed by atoms with van der Waals surface area (Å²) in [7, 11) is 0. The third-order valence-corrected chi connectivity index (χ3v) is 2.67. The molecule has 1 fully saturated rings. The highest BCUT2D eigenvalue weighted by Gasteiger charge is 2.31. The summed E-state index contributed by atoms with van der Waals surface area (Å²) in [6.07, 6.45) is 0.294. The highest BCUT2D eigenvalue weighted by Crippen LogP contribution is 2.07. The molecular formula is C12H23ClN2O4. The van der Waals surface area contributed by atoms with Gasteiger partial charge in [-0.05, 0) is 20.8 Å². The van der Waals surface area contributed by atoms with Crippen LogP contribution in [0.1, 0.15) is 27.2 Å². The third kappa shape index (κ3) is 6.22. The highest BCUT2D eigenvalue weighted by atomic mass is 35.5. The molecule has 0 aliphatic carbocycles. The molecule has 7 heteroatoms. The van der Waals surface area contributed by atoms with Crippen molar-refractivity contribution in [1.29, 1.82) is 0 Å². The van der Waals surface area contributed by atoms with E-state index in [1.807, 2.05) is 0 Å². The summed E-state index contributed by atoms with van der Waals surface area (Å²) in [5.41, 5.74) is -0.997. The Hall–Kier alpha value is -0.850. The fourth-order valence-electron chi connectivity index (χ4n) is 1.74. The predicted octanol–water partition coefficient (Wildman–Crippen LogP) is 0.245. The van der Waals surface area contributed by atoms with E-state index < -0.39 is 11.5 Å². The van der Waals surface area contributed by atoms with Crippen molar-refractivity contribution >= 4 is 24.3 Å². The van der Waals surface area contributed by atoms with Crippen LogP contribution in [0.15, 0.2) is 0 Å². The van der Waals surface area contributed by atoms with Gasteiger partial charge in [0.25, 0.3) is 0 Å². The van der Waals surface area contributed by atoms with Crippen LogP contribution >= 0.6 is 12.4 Å². The average molecular weight is 295 g/mol. The molecule has 0 bridgehead atoms. The summed E-state index contributed by atoms with van der Waals surface area (Å²) in [4.78, 5) is 23.4. The number of esters is 1. The van der Waals surface area contributed by atoms with Gasteiger partial charge in [0, 0.05) is 19.0 Å². The molecule has 2 N–H and O–H groups in total. The van der Waals surface area contributed by atoms with E-state index >= 15 is 0 Å². The lowest BCUT2D eigenvalue weighted by Gasteiger charge is -2.27. The Bertz CT molecular complexity index is 304. The van der Waals surface area contributed by atoms with Gasteiger partial charge in [-0.1, -0.05) is 0 Å². The Balaban J connectivity index is 0.00000324. The zero-order chi connectivity index (χ0) is 13.6. The number of carbonyl (C=O) groups is 2. The topological polar surface area (TPSA) is 76.7 Å². The number of morpholine rings is 1. The molecule has 0 aromatic heterocycles. The summed E-state index contributed by atoms with van der Waals surface area (Å²) < 4.78 is 10.2. The first-order valence-corrected chi connectivity index (χ1v) is 6.25. The molecule has 0 aromatic rings. The molecule has 112 valence electrons. The van der Waals surface area contributed by atoms with E-state index in [1.54, 1.807) is 20.8 Å². The number of halogens is 1. The van der Waals surface area contributed by atoms with Gasteiger partial charge < -0.3 is 20.1 Å². The Morgan fingerprint density at radius 3 is 2.68 bits per heavy atom. The Morgan fingerprint density at radius 1 is 1.47 bits per heavy atom. The van der Waals surface area contributed by atoms with Crippen LogP contribution in [-0.4, -0.2) is 49.8 Å². The first-order valence-electron chi connectivity index (χ1n) is 6.25. The molecule has 1 unspecified atom stereocenters. The third-order valence-electron chi connectivity index (χ3n) is 2.67. The SMILES string of the molecule is CCOC(=O)C(C)(C)NC(=O)CC1COCCN1.Cl. The molecule has 0 saturated carbocycles. The summed E-state index contributed by atoms with van der Waals surface area (Å²) in [5.74, 6) is -0.609. The van der Waals surface area contributed by atoms with Crippen molar-refractivity contribution in [3.8, 4) is 0 Å². The molecule has 0 aromatic carbocycles. The molecule has 1 rings (SSSR count). The summed E-state index contributed by atoms with van der Waals surface area (Å²) in [6, 6.07) is 0.0109. The molecule has 0 spiro atoms. The van der Waals surface area contributed by atoms with Crippen molar-refractivity contribution < 1.29 is 19.1 Å². The standard InChI is InChI=1S/C12H22N2O4.ClH/c1-4-18-11(16)12(2,3)14-10(15)7-9-8-17-6-5-13-9;/h9,13H,4-8H2,1-3H3,(H,14,15);1H. The van der Waals surface area contributed by atoms with Gasteiger partial charge >= 0.3 is 5.97 Å². The quantitative estimate of drug-likeness (QED) is 0.711. The minimum atomic E-state index is -0.997. The Kier molecular flexibility index (Phi) is 7.97. The minimum Gasteiger partial charge on any atom is -0.464 e. The smallest absolute Gasteiger partial charge is 0.331 e. The number of carbonyl (C=O) groups excluding carboxylic acids is 2. The molecule has 1 heterocycles. The molecule has 1 aliphatic rings. The highest BCUT2D eigenvalue weighted by molar-refractivity contribution is 5.87. The number of amides is 1. The molecular weight excluding hydrogens is 272 g/mol. The van der Waals surface area contributed by atoms with E-state index in [9.17, 15) is 9.59 Å². The van der Waals surface area contributed by atoms with Crippen molar-refractivity contribution in [3.63, 3.8) is 0 Å². The normalized spacial score (nSPS) is 19.2. The van der Waals surface area contributed by atoms with Gasteiger partial charge in [-0.2, -0.15) is 0 Å². The van der Waals surface area contributed by atoms with Gasteiger partial charge in [-0.15, -0.1) is 12.4 Å². The Morgan fingerprint density at radius 2 is 2.16 bits per heavy atom. The largest absolute Gasteiger partial charge is 0.464 e. The summed E-state index contributed by atoms with van der Waals surface area (Å²) in [5, 5.41) is 5.87. The average Bonchev–Trinajstić information content (AvgIpc) is 2.29. The van der Waals surface area contributed by atoms with Crippen LogP contribution in [0.3, 0.4) is 0 Å². The van der Waals surface area contributed by atoms with Crippen LogP contribution in [0.4, 0.5) is 0 Å². The maximum absolute atomic E-state index is 11.8. The van der Waals surface area contributed by atoms with Gasteiger partial charge in [0.2, 0.25) is 5.91 Å². The van der Waals surface area contributed by atoms with Crippen LogP contribution < -0.4 is 10.6 Å². The van der Waals surface area contributed by atoms with Gasteiger partial charge in [-0.25, -0.2) is 4.79 Å². The van der Waals surface area contributed by atoms with Crippen molar-refractivity contribution in [2.45, 2.75) is 38.8 Å². The minimum absolute atomic E-state index is 0. The second-order valence-corrected chi connectivity index (χ2v) is 4.82. The molecule has 1 saturated heterocycles. The van der Waals surface area contributed by atoms with Gasteiger partial charge in [0.05, 0.1) is 19.8 Å². The summed E-state index contributed by atoms with van der Waals surface area (Å²) in [6.45, 7) is 7.25. The van der Waals surface area contributed by atoms with E-state index in [-0.39, 0.29) is 24.4 Å². The van der Waals surface area contributed by atoms with Crippen LogP contribution in [0, 0.1) is 0 Å². The molecule has 6 nitrogen and oxygen atoms in total. The fourth-order valence-corrected chi connectivity index (χ4v) is 1.74. The zero-order valence-electron chi connectivity index (χ0n) is 11.7. The van der Waals surface area contributed by atoms with Crippen molar-refractivity contribution in [2.75, 3.05) is 26.4 Å². The van der Waals surface area contributed by atoms with E-state index in [4.69, 9.17) is 9.47 Å². The molecule has 1 amide bonds. The van der Waals surface area contributed by atoms with E-state index in [2.05, 4.69) is 10.6 Å². The van der Waals surface area contributed by atoms with Gasteiger partial charge in [0.15, 0.2) is 0 Å². The van der Waals surface area contributed by atoms with Crippen LogP contribution in [0.2, 0.25) is 0 Å². The van der Waals surface area contributed by atoms with E-state index in [1.165, 1.54) is 0 Å². The number of rotatable bonds is 5. The maximum Gasteiger partial charge on any atom is 0.331 e. The van der Waals surface area contributed by atoms with Crippen molar-refractivity contribution in [1.82, 2.24) is 10.6 Å². The van der Waals surface area contributed by atoms with Gasteiger partial charge in [0.1, 0.15) is 5.54 Å². The lowest BCUT2D eigenvalue weighted by Crippen LogP contribution is -2.53. The monoisotopic (exact) mass is 294 g/mol. The lowest BCUT2D eigenvalue weighted by atomic mass is 10.0. The Labute approximate surface area is 120 Å². The molecule has 19 heavy (non-hydrogen) atoms. The molecule has 0 radical (unpaired) electrons. The predicted molar refractivity (Wildman–Crippen MR) is 73.3 cm³/mol. The fraction of sp³-hybridized carbons (Fsp3) is 0.833. The first-order chi connectivity index (χ1) is 8.45. The van der Waals surface area contributed by atoms with E-state index in [0.29, 0.717) is 26.2 Å². The van der Waals surface area contributed by atoms with Gasteiger partial charge in [-0.3, -0.25) is 4.79 Å². The number of hydrogen-bond acceptors (Lipinski definition) is 5. The van der Waals surface area contributed by atoms with Crippen LogP contribution in [0.25, 0.3) is 0 Å². The zero-order valence-corrected chi connectivity index (χ0v) is 12.5.